The van der Waals surface area contributed by atoms with Gasteiger partial charge in [-0.2, -0.15) is 0 Å². The van der Waals surface area contributed by atoms with Gasteiger partial charge in [-0.3, -0.25) is 0 Å². The van der Waals surface area contributed by atoms with Crippen molar-refractivity contribution in [2.45, 2.75) is 33.2 Å². The standard InChI is InChI=1S/C12H21N3O/c1-10(9-16)4-3-6-13-8-12-5-7-14-11(2)15-12/h5,7,10,13,16H,3-4,6,8-9H2,1-2H3. The van der Waals surface area contributed by atoms with E-state index in [9.17, 15) is 0 Å². The minimum Gasteiger partial charge on any atom is -0.396 e. The van der Waals surface area contributed by atoms with E-state index < -0.39 is 0 Å². The highest BCUT2D eigenvalue weighted by atomic mass is 16.3. The summed E-state index contributed by atoms with van der Waals surface area (Å²) in [7, 11) is 0. The highest BCUT2D eigenvalue weighted by Crippen LogP contribution is 2.02. The molecule has 16 heavy (non-hydrogen) atoms. The molecule has 1 atom stereocenters. The van der Waals surface area contributed by atoms with E-state index in [0.717, 1.165) is 37.4 Å². The van der Waals surface area contributed by atoms with Crippen molar-refractivity contribution in [3.8, 4) is 0 Å². The van der Waals surface area contributed by atoms with Gasteiger partial charge in [0.05, 0.1) is 5.69 Å². The smallest absolute Gasteiger partial charge is 0.125 e. The van der Waals surface area contributed by atoms with Crippen LogP contribution in [0.3, 0.4) is 0 Å². The fourth-order valence-electron chi connectivity index (χ4n) is 1.49. The van der Waals surface area contributed by atoms with E-state index in [2.05, 4.69) is 22.2 Å². The summed E-state index contributed by atoms with van der Waals surface area (Å²) in [4.78, 5) is 8.36. The Morgan fingerprint density at radius 2 is 2.31 bits per heavy atom. The maximum atomic E-state index is 8.86. The van der Waals surface area contributed by atoms with Crippen molar-refractivity contribution in [1.82, 2.24) is 15.3 Å². The minimum absolute atomic E-state index is 0.283. The number of rotatable bonds is 7. The third kappa shape index (κ3) is 5.19. The van der Waals surface area contributed by atoms with Crippen LogP contribution in [0.5, 0.6) is 0 Å². The summed E-state index contributed by atoms with van der Waals surface area (Å²) in [6, 6.07) is 1.93. The first-order valence-corrected chi connectivity index (χ1v) is 5.82. The Morgan fingerprint density at radius 1 is 1.50 bits per heavy atom. The van der Waals surface area contributed by atoms with Gasteiger partial charge in [-0.15, -0.1) is 0 Å². The van der Waals surface area contributed by atoms with Crippen LogP contribution in [0.15, 0.2) is 12.3 Å². The van der Waals surface area contributed by atoms with Gasteiger partial charge in [0.1, 0.15) is 5.82 Å². The Bertz CT molecular complexity index is 304. The molecule has 1 unspecified atom stereocenters. The zero-order valence-electron chi connectivity index (χ0n) is 10.1. The van der Waals surface area contributed by atoms with Gasteiger partial charge in [0.2, 0.25) is 0 Å². The fourth-order valence-corrected chi connectivity index (χ4v) is 1.49. The molecule has 2 N–H and O–H groups in total. The van der Waals surface area contributed by atoms with Crippen LogP contribution >= 0.6 is 0 Å². The average Bonchev–Trinajstić information content (AvgIpc) is 2.28. The van der Waals surface area contributed by atoms with Crippen LogP contribution in [0.2, 0.25) is 0 Å². The number of nitrogens with zero attached hydrogens (tertiary/aromatic N) is 2. The van der Waals surface area contributed by atoms with Crippen LogP contribution in [0.25, 0.3) is 0 Å². The lowest BCUT2D eigenvalue weighted by Gasteiger charge is -2.08. The lowest BCUT2D eigenvalue weighted by atomic mass is 10.1. The largest absolute Gasteiger partial charge is 0.396 e. The number of aliphatic hydroxyl groups is 1. The van der Waals surface area contributed by atoms with Crippen molar-refractivity contribution in [3.63, 3.8) is 0 Å². The third-order valence-corrected chi connectivity index (χ3v) is 2.50. The van der Waals surface area contributed by atoms with Crippen LogP contribution in [0.1, 0.15) is 31.3 Å². The molecule has 1 rings (SSSR count). The first-order chi connectivity index (χ1) is 7.72. The van der Waals surface area contributed by atoms with Crippen molar-refractivity contribution < 1.29 is 5.11 Å². The molecule has 0 aromatic carbocycles. The summed E-state index contributed by atoms with van der Waals surface area (Å²) in [6.07, 6.45) is 3.94. The van der Waals surface area contributed by atoms with Gasteiger partial charge in [-0.1, -0.05) is 6.92 Å². The SMILES string of the molecule is Cc1nccc(CNCCCC(C)CO)n1. The summed E-state index contributed by atoms with van der Waals surface area (Å²) in [6.45, 7) is 6.00. The van der Waals surface area contributed by atoms with Gasteiger partial charge in [0.15, 0.2) is 0 Å². The van der Waals surface area contributed by atoms with E-state index in [1.165, 1.54) is 0 Å². The highest BCUT2D eigenvalue weighted by Gasteiger charge is 1.99. The van der Waals surface area contributed by atoms with Gasteiger partial charge in [-0.05, 0) is 38.3 Å². The van der Waals surface area contributed by atoms with E-state index in [4.69, 9.17) is 5.11 Å². The van der Waals surface area contributed by atoms with Crippen LogP contribution in [0.4, 0.5) is 0 Å². The van der Waals surface area contributed by atoms with Crippen molar-refractivity contribution in [1.29, 1.82) is 0 Å². The van der Waals surface area contributed by atoms with Gasteiger partial charge in [0.25, 0.3) is 0 Å². The van der Waals surface area contributed by atoms with E-state index in [1.807, 2.05) is 13.0 Å². The molecule has 90 valence electrons. The molecule has 0 aliphatic heterocycles. The Hall–Kier alpha value is -1.00. The lowest BCUT2D eigenvalue weighted by Crippen LogP contribution is -2.17. The van der Waals surface area contributed by atoms with Crippen LogP contribution in [-0.2, 0) is 6.54 Å². The molecule has 0 bridgehead atoms. The molecule has 4 heteroatoms. The van der Waals surface area contributed by atoms with E-state index in [-0.39, 0.29) is 6.61 Å². The predicted octanol–water partition coefficient (Wildman–Crippen LogP) is 1.28. The zero-order valence-corrected chi connectivity index (χ0v) is 10.1. The predicted molar refractivity (Wildman–Crippen MR) is 64.0 cm³/mol. The number of aliphatic hydroxyl groups excluding tert-OH is 1. The summed E-state index contributed by atoms with van der Waals surface area (Å²) >= 11 is 0. The van der Waals surface area contributed by atoms with E-state index >= 15 is 0 Å². The number of nitrogens with one attached hydrogen (secondary N) is 1. The summed E-state index contributed by atoms with van der Waals surface area (Å²) in [5, 5.41) is 12.2. The quantitative estimate of drug-likeness (QED) is 0.684. The minimum atomic E-state index is 0.283. The Morgan fingerprint density at radius 3 is 3.00 bits per heavy atom. The molecule has 1 aromatic rings. The molecule has 0 saturated heterocycles. The lowest BCUT2D eigenvalue weighted by molar-refractivity contribution is 0.228. The monoisotopic (exact) mass is 223 g/mol. The maximum Gasteiger partial charge on any atom is 0.125 e. The van der Waals surface area contributed by atoms with Crippen LogP contribution in [0, 0.1) is 12.8 Å². The number of hydrogen-bond donors (Lipinski definition) is 2. The fraction of sp³-hybridized carbons (Fsp3) is 0.667. The normalized spacial score (nSPS) is 12.7. The van der Waals surface area contributed by atoms with Gasteiger partial charge in [-0.25, -0.2) is 9.97 Å². The second kappa shape index (κ2) is 7.30. The zero-order chi connectivity index (χ0) is 11.8. The molecule has 0 radical (unpaired) electrons. The number of aryl methyl sites for hydroxylation is 1. The van der Waals surface area contributed by atoms with Crippen molar-refractivity contribution in [2.24, 2.45) is 5.92 Å². The number of aromatic nitrogens is 2. The topological polar surface area (TPSA) is 58.0 Å². The van der Waals surface area contributed by atoms with Gasteiger partial charge >= 0.3 is 0 Å². The molecule has 0 aliphatic carbocycles. The summed E-state index contributed by atoms with van der Waals surface area (Å²) in [5.74, 6) is 1.22. The molecule has 0 saturated carbocycles. The molecule has 0 spiro atoms. The molecule has 0 amide bonds. The molecule has 4 nitrogen and oxygen atoms in total. The highest BCUT2D eigenvalue weighted by molar-refractivity contribution is 5.00. The molecule has 0 aliphatic rings. The van der Waals surface area contributed by atoms with E-state index in [0.29, 0.717) is 5.92 Å². The molecule has 1 heterocycles. The van der Waals surface area contributed by atoms with Crippen LogP contribution in [-0.4, -0.2) is 28.2 Å². The van der Waals surface area contributed by atoms with Gasteiger partial charge < -0.3 is 10.4 Å². The van der Waals surface area contributed by atoms with Crippen LogP contribution < -0.4 is 5.32 Å². The van der Waals surface area contributed by atoms with E-state index in [1.54, 1.807) is 6.20 Å². The second-order valence-corrected chi connectivity index (χ2v) is 4.20. The number of hydrogen-bond acceptors (Lipinski definition) is 4. The Labute approximate surface area is 97.1 Å². The first kappa shape index (κ1) is 13.1. The van der Waals surface area contributed by atoms with Gasteiger partial charge in [0, 0.05) is 19.3 Å². The molecule has 0 fully saturated rings. The average molecular weight is 223 g/mol. The first-order valence-electron chi connectivity index (χ1n) is 5.82. The van der Waals surface area contributed by atoms with Crippen molar-refractivity contribution >= 4 is 0 Å². The molecule has 1 aromatic heterocycles. The summed E-state index contributed by atoms with van der Waals surface area (Å²) in [5.41, 5.74) is 1.03. The van der Waals surface area contributed by atoms with Crippen molar-refractivity contribution in [2.75, 3.05) is 13.2 Å². The van der Waals surface area contributed by atoms with Crippen molar-refractivity contribution in [3.05, 3.63) is 23.8 Å². The molecular formula is C12H21N3O. The maximum absolute atomic E-state index is 8.86. The third-order valence-electron chi connectivity index (χ3n) is 2.50. The summed E-state index contributed by atoms with van der Waals surface area (Å²) < 4.78 is 0. The second-order valence-electron chi connectivity index (χ2n) is 4.20. The Balaban J connectivity index is 2.12. The molecular weight excluding hydrogens is 202 g/mol. The Kier molecular flexibility index (Phi) is 5.96.